The molecule has 118 valence electrons. The molecule has 0 atom stereocenters. The molecule has 0 aliphatic carbocycles. The smallest absolute Gasteiger partial charge is 0.354 e. The highest BCUT2D eigenvalue weighted by Gasteiger charge is 2.33. The fraction of sp³-hybridized carbons (Fsp3) is 0.429. The van der Waals surface area contributed by atoms with E-state index < -0.39 is 11.9 Å². The second-order valence-electron chi connectivity index (χ2n) is 4.96. The van der Waals surface area contributed by atoms with E-state index >= 15 is 0 Å². The van der Waals surface area contributed by atoms with Crippen LogP contribution in [0.25, 0.3) is 0 Å². The molecule has 0 radical (unpaired) electrons. The topological polar surface area (TPSA) is 63.6 Å². The predicted octanol–water partition coefficient (Wildman–Crippen LogP) is 2.87. The summed E-state index contributed by atoms with van der Waals surface area (Å²) in [4.78, 5) is 16.0. The van der Waals surface area contributed by atoms with Crippen LogP contribution in [-0.2, 0) is 12.6 Å². The summed E-state index contributed by atoms with van der Waals surface area (Å²) in [7, 11) is 0. The minimum atomic E-state index is -4.47. The van der Waals surface area contributed by atoms with Gasteiger partial charge in [0.2, 0.25) is 5.95 Å². The molecule has 0 aliphatic rings. The second kappa shape index (κ2) is 6.25. The summed E-state index contributed by atoms with van der Waals surface area (Å²) in [6.07, 6.45) is -4.21. The van der Waals surface area contributed by atoms with E-state index in [1.165, 1.54) is 6.92 Å². The molecule has 2 heterocycles. The van der Waals surface area contributed by atoms with Crippen molar-refractivity contribution in [2.75, 3.05) is 11.9 Å². The zero-order valence-corrected chi connectivity index (χ0v) is 12.5. The van der Waals surface area contributed by atoms with Crippen molar-refractivity contribution in [3.8, 4) is 0 Å². The highest BCUT2D eigenvalue weighted by molar-refractivity contribution is 5.27. The van der Waals surface area contributed by atoms with Gasteiger partial charge in [0.25, 0.3) is 0 Å². The third-order valence-corrected chi connectivity index (χ3v) is 2.80. The summed E-state index contributed by atoms with van der Waals surface area (Å²) in [5.74, 6) is 0.588. The lowest BCUT2D eigenvalue weighted by atomic mass is 10.3. The molecule has 2 rings (SSSR count). The Kier molecular flexibility index (Phi) is 4.58. The number of nitrogens with one attached hydrogen (secondary N) is 1. The van der Waals surface area contributed by atoms with E-state index in [0.29, 0.717) is 18.2 Å². The first-order valence-corrected chi connectivity index (χ1v) is 6.72. The van der Waals surface area contributed by atoms with Crippen LogP contribution >= 0.6 is 0 Å². The molecular weight excluding hydrogens is 295 g/mol. The zero-order chi connectivity index (χ0) is 16.3. The van der Waals surface area contributed by atoms with Crippen LogP contribution in [0.1, 0.15) is 28.6 Å². The molecule has 0 saturated carbocycles. The van der Waals surface area contributed by atoms with Crippen LogP contribution < -0.4 is 5.32 Å². The first-order valence-electron chi connectivity index (χ1n) is 6.72. The van der Waals surface area contributed by atoms with Crippen LogP contribution in [0.5, 0.6) is 0 Å². The van der Waals surface area contributed by atoms with Gasteiger partial charge in [-0.05, 0) is 32.9 Å². The summed E-state index contributed by atoms with van der Waals surface area (Å²) in [6.45, 7) is 5.56. The molecule has 0 aromatic carbocycles. The molecule has 0 aliphatic heterocycles. The summed E-state index contributed by atoms with van der Waals surface area (Å²) in [6, 6.07) is 2.77. The monoisotopic (exact) mass is 311 g/mol. The van der Waals surface area contributed by atoms with Crippen molar-refractivity contribution in [3.63, 3.8) is 0 Å². The Balaban J connectivity index is 2.04. The first kappa shape index (κ1) is 16.1. The normalized spacial score (nSPS) is 11.5. The Morgan fingerprint density at radius 1 is 0.909 bits per heavy atom. The Morgan fingerprint density at radius 2 is 1.50 bits per heavy atom. The molecular formula is C14H16F3N5. The number of hydrogen-bond acceptors (Lipinski definition) is 5. The van der Waals surface area contributed by atoms with Crippen LogP contribution in [0.4, 0.5) is 19.1 Å². The van der Waals surface area contributed by atoms with Gasteiger partial charge in [0, 0.05) is 30.0 Å². The van der Waals surface area contributed by atoms with Gasteiger partial charge in [-0.1, -0.05) is 0 Å². The predicted molar refractivity (Wildman–Crippen MR) is 75.5 cm³/mol. The van der Waals surface area contributed by atoms with Gasteiger partial charge in [-0.15, -0.1) is 0 Å². The average Bonchev–Trinajstić information content (AvgIpc) is 2.35. The van der Waals surface area contributed by atoms with E-state index in [9.17, 15) is 13.2 Å². The largest absolute Gasteiger partial charge is 0.433 e. The minimum absolute atomic E-state index is 0.143. The zero-order valence-electron chi connectivity index (χ0n) is 12.5. The molecule has 22 heavy (non-hydrogen) atoms. The van der Waals surface area contributed by atoms with Gasteiger partial charge in [-0.2, -0.15) is 13.2 Å². The SMILES string of the molecule is Cc1cc(C(F)(F)F)nc(CCNc2nc(C)cc(C)n2)n1. The van der Waals surface area contributed by atoms with E-state index in [-0.39, 0.29) is 12.2 Å². The van der Waals surface area contributed by atoms with E-state index in [4.69, 9.17) is 0 Å². The van der Waals surface area contributed by atoms with E-state index in [1.807, 2.05) is 19.9 Å². The molecule has 0 unspecified atom stereocenters. The summed E-state index contributed by atoms with van der Waals surface area (Å²) in [5.41, 5.74) is 1.01. The average molecular weight is 311 g/mol. The minimum Gasteiger partial charge on any atom is -0.354 e. The number of hydrogen-bond donors (Lipinski definition) is 1. The number of anilines is 1. The Hall–Kier alpha value is -2.25. The number of rotatable bonds is 4. The quantitative estimate of drug-likeness (QED) is 0.940. The van der Waals surface area contributed by atoms with Crippen molar-refractivity contribution in [2.45, 2.75) is 33.4 Å². The summed E-state index contributed by atoms with van der Waals surface area (Å²) < 4.78 is 38.1. The Labute approximate surface area is 126 Å². The molecule has 0 spiro atoms. The van der Waals surface area contributed by atoms with Crippen LogP contribution in [0.3, 0.4) is 0 Å². The molecule has 0 saturated heterocycles. The third kappa shape index (κ3) is 4.37. The lowest BCUT2D eigenvalue weighted by Gasteiger charge is -2.09. The molecule has 0 bridgehead atoms. The summed E-state index contributed by atoms with van der Waals surface area (Å²) >= 11 is 0. The van der Waals surface area contributed by atoms with Crippen LogP contribution in [0, 0.1) is 20.8 Å². The van der Waals surface area contributed by atoms with Gasteiger partial charge < -0.3 is 5.32 Å². The van der Waals surface area contributed by atoms with Crippen LogP contribution in [-0.4, -0.2) is 26.5 Å². The number of alkyl halides is 3. The van der Waals surface area contributed by atoms with E-state index in [1.54, 1.807) is 0 Å². The lowest BCUT2D eigenvalue weighted by Crippen LogP contribution is -2.15. The fourth-order valence-corrected chi connectivity index (χ4v) is 1.98. The van der Waals surface area contributed by atoms with E-state index in [0.717, 1.165) is 17.5 Å². The molecule has 2 aromatic heterocycles. The standard InChI is InChI=1S/C14H16F3N5/c1-8-6-9(2)21-13(20-8)18-5-4-12-19-10(3)7-11(22-12)14(15,16)17/h6-7H,4-5H2,1-3H3,(H,18,20,21). The summed E-state index contributed by atoms with van der Waals surface area (Å²) in [5, 5.41) is 2.97. The molecule has 5 nitrogen and oxygen atoms in total. The van der Waals surface area contributed by atoms with Crippen LogP contribution in [0.15, 0.2) is 12.1 Å². The first-order chi connectivity index (χ1) is 10.2. The van der Waals surface area contributed by atoms with Crippen molar-refractivity contribution in [1.29, 1.82) is 0 Å². The molecule has 0 amide bonds. The van der Waals surface area contributed by atoms with Gasteiger partial charge in [0.15, 0.2) is 0 Å². The van der Waals surface area contributed by atoms with Crippen molar-refractivity contribution >= 4 is 5.95 Å². The number of aromatic nitrogens is 4. The number of halogens is 3. The van der Waals surface area contributed by atoms with Gasteiger partial charge in [0.1, 0.15) is 11.5 Å². The molecule has 0 fully saturated rings. The maximum Gasteiger partial charge on any atom is 0.433 e. The van der Waals surface area contributed by atoms with Crippen molar-refractivity contribution in [1.82, 2.24) is 19.9 Å². The third-order valence-electron chi connectivity index (χ3n) is 2.80. The maximum atomic E-state index is 12.7. The van der Waals surface area contributed by atoms with E-state index in [2.05, 4.69) is 25.3 Å². The second-order valence-corrected chi connectivity index (χ2v) is 4.96. The van der Waals surface area contributed by atoms with Gasteiger partial charge in [-0.3, -0.25) is 0 Å². The maximum absolute atomic E-state index is 12.7. The Morgan fingerprint density at radius 3 is 2.09 bits per heavy atom. The molecule has 1 N–H and O–H groups in total. The highest BCUT2D eigenvalue weighted by atomic mass is 19.4. The lowest BCUT2D eigenvalue weighted by molar-refractivity contribution is -0.141. The van der Waals surface area contributed by atoms with Gasteiger partial charge >= 0.3 is 6.18 Å². The van der Waals surface area contributed by atoms with Crippen molar-refractivity contribution < 1.29 is 13.2 Å². The van der Waals surface area contributed by atoms with Gasteiger partial charge in [0.05, 0.1) is 0 Å². The highest BCUT2D eigenvalue weighted by Crippen LogP contribution is 2.27. The van der Waals surface area contributed by atoms with Crippen molar-refractivity contribution in [2.24, 2.45) is 0 Å². The van der Waals surface area contributed by atoms with Gasteiger partial charge in [-0.25, -0.2) is 19.9 Å². The fourth-order valence-electron chi connectivity index (χ4n) is 1.98. The van der Waals surface area contributed by atoms with Crippen molar-refractivity contribution in [3.05, 3.63) is 40.7 Å². The number of nitrogens with zero attached hydrogens (tertiary/aromatic N) is 4. The number of aryl methyl sites for hydroxylation is 3. The molecule has 8 heteroatoms. The van der Waals surface area contributed by atoms with Crippen LogP contribution in [0.2, 0.25) is 0 Å². The molecule has 2 aromatic rings. The Bertz CT molecular complexity index is 650.